The number of amides is 2. The van der Waals surface area contributed by atoms with Crippen LogP contribution in [0.4, 0.5) is 4.79 Å². The van der Waals surface area contributed by atoms with Gasteiger partial charge in [-0.15, -0.1) is 0 Å². The van der Waals surface area contributed by atoms with E-state index >= 15 is 0 Å². The molecule has 0 aromatic rings. The second-order valence-corrected chi connectivity index (χ2v) is 4.38. The standard InChI is InChI=1S/C10H18N4OS2/c1-3-11-8(16)13-6-5-7-14(10(13)15)9(17)12-4-2/h3-7H2,1-2H3,(H,11,16)(H,12,17). The fourth-order valence-electron chi connectivity index (χ4n) is 1.59. The summed E-state index contributed by atoms with van der Waals surface area (Å²) in [6.45, 7) is 6.61. The molecule has 1 heterocycles. The predicted molar refractivity (Wildman–Crippen MR) is 76.0 cm³/mol. The molecule has 1 fully saturated rings. The first kappa shape index (κ1) is 14.1. The molecule has 0 spiro atoms. The lowest BCUT2D eigenvalue weighted by Crippen LogP contribution is -2.57. The third-order valence-corrected chi connectivity index (χ3v) is 3.10. The zero-order valence-electron chi connectivity index (χ0n) is 10.2. The minimum absolute atomic E-state index is 0.145. The van der Waals surface area contributed by atoms with Crippen molar-refractivity contribution in [1.29, 1.82) is 0 Å². The first-order chi connectivity index (χ1) is 8.11. The third-order valence-electron chi connectivity index (χ3n) is 2.37. The van der Waals surface area contributed by atoms with Crippen LogP contribution in [0.5, 0.6) is 0 Å². The quantitative estimate of drug-likeness (QED) is 0.733. The highest BCUT2D eigenvalue weighted by molar-refractivity contribution is 7.80. The van der Waals surface area contributed by atoms with Gasteiger partial charge in [0.2, 0.25) is 0 Å². The molecule has 1 aliphatic heterocycles. The molecule has 0 aromatic heterocycles. The summed E-state index contributed by atoms with van der Waals surface area (Å²) in [5.74, 6) is 0. The number of thiocarbonyl (C=S) groups is 2. The van der Waals surface area contributed by atoms with E-state index in [1.807, 2.05) is 13.8 Å². The number of nitrogens with one attached hydrogen (secondary N) is 2. The van der Waals surface area contributed by atoms with Crippen LogP contribution in [0.25, 0.3) is 0 Å². The zero-order valence-corrected chi connectivity index (χ0v) is 11.8. The minimum atomic E-state index is -0.145. The Kier molecular flexibility index (Phi) is 5.57. The summed E-state index contributed by atoms with van der Waals surface area (Å²) >= 11 is 10.3. The van der Waals surface area contributed by atoms with E-state index < -0.39 is 0 Å². The molecule has 1 saturated heterocycles. The monoisotopic (exact) mass is 274 g/mol. The molecule has 2 amide bonds. The van der Waals surface area contributed by atoms with E-state index in [0.29, 0.717) is 36.4 Å². The van der Waals surface area contributed by atoms with E-state index in [-0.39, 0.29) is 6.03 Å². The predicted octanol–water partition coefficient (Wildman–Crippen LogP) is 0.903. The Morgan fingerprint density at radius 2 is 1.53 bits per heavy atom. The lowest BCUT2D eigenvalue weighted by molar-refractivity contribution is 0.183. The van der Waals surface area contributed by atoms with Crippen LogP contribution in [0.1, 0.15) is 20.3 Å². The van der Waals surface area contributed by atoms with Crippen LogP contribution in [0.3, 0.4) is 0 Å². The Bertz CT molecular complexity index is 293. The smallest absolute Gasteiger partial charge is 0.332 e. The van der Waals surface area contributed by atoms with E-state index in [1.165, 1.54) is 0 Å². The van der Waals surface area contributed by atoms with Gasteiger partial charge in [-0.1, -0.05) is 0 Å². The van der Waals surface area contributed by atoms with Crippen molar-refractivity contribution in [3.8, 4) is 0 Å². The van der Waals surface area contributed by atoms with E-state index in [4.69, 9.17) is 24.4 Å². The summed E-state index contributed by atoms with van der Waals surface area (Å²) < 4.78 is 0. The Hall–Kier alpha value is -0.950. The highest BCUT2D eigenvalue weighted by atomic mass is 32.1. The number of rotatable bonds is 2. The molecule has 0 saturated carbocycles. The van der Waals surface area contributed by atoms with Gasteiger partial charge in [0.15, 0.2) is 10.2 Å². The molecule has 7 heteroatoms. The lowest BCUT2D eigenvalue weighted by Gasteiger charge is -2.35. The van der Waals surface area contributed by atoms with Gasteiger partial charge in [0, 0.05) is 26.2 Å². The van der Waals surface area contributed by atoms with Gasteiger partial charge in [0.1, 0.15) is 0 Å². The molecule has 0 bridgehead atoms. The minimum Gasteiger partial charge on any atom is -0.362 e. The maximum absolute atomic E-state index is 12.2. The molecular formula is C10H18N4OS2. The SMILES string of the molecule is CCNC(=S)N1CCCN(C(=S)NCC)C1=O. The van der Waals surface area contributed by atoms with Crippen molar-refractivity contribution in [2.45, 2.75) is 20.3 Å². The lowest BCUT2D eigenvalue weighted by atomic mass is 10.3. The number of carbonyl (C=O) groups excluding carboxylic acids is 1. The van der Waals surface area contributed by atoms with Crippen LogP contribution in [-0.2, 0) is 0 Å². The second-order valence-electron chi connectivity index (χ2n) is 3.61. The number of nitrogens with zero attached hydrogens (tertiary/aromatic N) is 2. The van der Waals surface area contributed by atoms with E-state index in [1.54, 1.807) is 9.80 Å². The van der Waals surface area contributed by atoms with Gasteiger partial charge in [-0.3, -0.25) is 9.80 Å². The molecule has 17 heavy (non-hydrogen) atoms. The van der Waals surface area contributed by atoms with E-state index in [0.717, 1.165) is 6.42 Å². The average Bonchev–Trinajstić information content (AvgIpc) is 2.29. The molecule has 1 rings (SSSR count). The maximum atomic E-state index is 12.2. The zero-order chi connectivity index (χ0) is 12.8. The molecule has 0 aliphatic carbocycles. The van der Waals surface area contributed by atoms with Gasteiger partial charge < -0.3 is 10.6 Å². The van der Waals surface area contributed by atoms with Crippen LogP contribution in [0.15, 0.2) is 0 Å². The van der Waals surface area contributed by atoms with Crippen LogP contribution in [0.2, 0.25) is 0 Å². The van der Waals surface area contributed by atoms with Gasteiger partial charge in [0.05, 0.1) is 0 Å². The number of urea groups is 1. The number of hydrogen-bond donors (Lipinski definition) is 2. The van der Waals surface area contributed by atoms with Crippen molar-refractivity contribution in [2.24, 2.45) is 0 Å². The first-order valence-corrected chi connectivity index (χ1v) is 6.58. The van der Waals surface area contributed by atoms with E-state index in [2.05, 4.69) is 10.6 Å². The highest BCUT2D eigenvalue weighted by Gasteiger charge is 2.30. The molecule has 96 valence electrons. The molecule has 5 nitrogen and oxygen atoms in total. The topological polar surface area (TPSA) is 47.6 Å². The molecule has 0 unspecified atom stereocenters. The largest absolute Gasteiger partial charge is 0.362 e. The second kappa shape index (κ2) is 6.70. The van der Waals surface area contributed by atoms with Crippen LogP contribution in [0, 0.1) is 0 Å². The summed E-state index contributed by atoms with van der Waals surface area (Å²) in [7, 11) is 0. The van der Waals surface area contributed by atoms with Gasteiger partial charge in [-0.05, 0) is 44.7 Å². The molecule has 2 N–H and O–H groups in total. The van der Waals surface area contributed by atoms with Crippen molar-refractivity contribution in [2.75, 3.05) is 26.2 Å². The molecule has 0 radical (unpaired) electrons. The summed E-state index contributed by atoms with van der Waals surface area (Å²) in [5.41, 5.74) is 0. The average molecular weight is 274 g/mol. The first-order valence-electron chi connectivity index (χ1n) is 5.76. The Morgan fingerprint density at radius 3 is 1.88 bits per heavy atom. The van der Waals surface area contributed by atoms with Gasteiger partial charge in [0.25, 0.3) is 0 Å². The highest BCUT2D eigenvalue weighted by Crippen LogP contribution is 2.10. The van der Waals surface area contributed by atoms with Crippen molar-refractivity contribution < 1.29 is 4.79 Å². The molecule has 0 aromatic carbocycles. The number of hydrogen-bond acceptors (Lipinski definition) is 3. The fourth-order valence-corrected chi connectivity index (χ4v) is 2.22. The van der Waals surface area contributed by atoms with Gasteiger partial charge in [-0.2, -0.15) is 0 Å². The molecule has 1 aliphatic rings. The molecular weight excluding hydrogens is 256 g/mol. The summed E-state index contributed by atoms with van der Waals surface area (Å²) in [5, 5.41) is 6.91. The van der Waals surface area contributed by atoms with Gasteiger partial charge >= 0.3 is 6.03 Å². The van der Waals surface area contributed by atoms with Crippen LogP contribution in [-0.4, -0.2) is 52.2 Å². The van der Waals surface area contributed by atoms with Crippen LogP contribution >= 0.6 is 24.4 Å². The van der Waals surface area contributed by atoms with Gasteiger partial charge in [-0.25, -0.2) is 4.79 Å². The third kappa shape index (κ3) is 3.50. The van der Waals surface area contributed by atoms with Crippen molar-refractivity contribution in [3.05, 3.63) is 0 Å². The summed E-state index contributed by atoms with van der Waals surface area (Å²) in [6.07, 6.45) is 0.864. The Balaban J connectivity index is 2.68. The van der Waals surface area contributed by atoms with Crippen molar-refractivity contribution >= 4 is 40.7 Å². The fraction of sp³-hybridized carbons (Fsp3) is 0.700. The normalized spacial score (nSPS) is 15.8. The van der Waals surface area contributed by atoms with Crippen molar-refractivity contribution in [3.63, 3.8) is 0 Å². The summed E-state index contributed by atoms with van der Waals surface area (Å²) in [4.78, 5) is 15.3. The Labute approximate surface area is 113 Å². The number of carbonyl (C=O) groups is 1. The Morgan fingerprint density at radius 1 is 1.12 bits per heavy atom. The summed E-state index contributed by atoms with van der Waals surface area (Å²) in [6, 6.07) is -0.145. The molecule has 0 atom stereocenters. The van der Waals surface area contributed by atoms with Crippen LogP contribution < -0.4 is 10.6 Å². The maximum Gasteiger partial charge on any atom is 0.332 e. The van der Waals surface area contributed by atoms with E-state index in [9.17, 15) is 4.79 Å². The van der Waals surface area contributed by atoms with Crippen molar-refractivity contribution in [1.82, 2.24) is 20.4 Å².